The lowest BCUT2D eigenvalue weighted by molar-refractivity contribution is -0.121. The number of piperidine rings is 1. The van der Waals surface area contributed by atoms with Crippen molar-refractivity contribution in [1.29, 1.82) is 0 Å². The molecule has 1 aliphatic rings. The first kappa shape index (κ1) is 15.3. The Kier molecular flexibility index (Phi) is 5.00. The maximum Gasteiger partial charge on any atom is 0.241 e. The van der Waals surface area contributed by atoms with Crippen molar-refractivity contribution in [2.45, 2.75) is 32.7 Å². The quantitative estimate of drug-likeness (QED) is 0.926. The van der Waals surface area contributed by atoms with Crippen LogP contribution in [0, 0.1) is 11.7 Å². The lowest BCUT2D eigenvalue weighted by Gasteiger charge is -2.34. The van der Waals surface area contributed by atoms with Gasteiger partial charge in [-0.1, -0.05) is 18.5 Å². The van der Waals surface area contributed by atoms with Crippen LogP contribution in [-0.4, -0.2) is 29.9 Å². The number of anilines is 1. The van der Waals surface area contributed by atoms with Crippen LogP contribution in [0.3, 0.4) is 0 Å². The summed E-state index contributed by atoms with van der Waals surface area (Å²) in [7, 11) is 0. The van der Waals surface area contributed by atoms with E-state index in [1.54, 1.807) is 0 Å². The van der Waals surface area contributed by atoms with E-state index in [1.165, 1.54) is 24.6 Å². The summed E-state index contributed by atoms with van der Waals surface area (Å²) < 4.78 is 13.1. The number of carbonyl (C=O) groups excluding carboxylic acids is 1. The molecule has 0 aromatic heterocycles. The summed E-state index contributed by atoms with van der Waals surface area (Å²) in [5.74, 6) is 0.0589. The molecule has 0 aliphatic carbocycles. The average molecular weight is 299 g/mol. The molecule has 1 heterocycles. The SMILES string of the molecule is CC1CCCN(C(C)C(=O)Nc2ccc(F)c(Cl)c2)C1. The highest BCUT2D eigenvalue weighted by Gasteiger charge is 2.25. The molecular formula is C15H20ClFN2O. The Labute approximate surface area is 124 Å². The molecule has 1 saturated heterocycles. The smallest absolute Gasteiger partial charge is 0.241 e. The van der Waals surface area contributed by atoms with E-state index in [0.29, 0.717) is 11.6 Å². The van der Waals surface area contributed by atoms with E-state index in [2.05, 4.69) is 17.1 Å². The first-order chi connectivity index (χ1) is 9.47. The van der Waals surface area contributed by atoms with Crippen molar-refractivity contribution >= 4 is 23.2 Å². The Hall–Kier alpha value is -1.13. The number of nitrogens with zero attached hydrogens (tertiary/aromatic N) is 1. The van der Waals surface area contributed by atoms with Gasteiger partial charge in [-0.2, -0.15) is 0 Å². The fourth-order valence-electron chi connectivity index (χ4n) is 2.56. The number of likely N-dealkylation sites (tertiary alicyclic amines) is 1. The van der Waals surface area contributed by atoms with Gasteiger partial charge in [-0.25, -0.2) is 4.39 Å². The van der Waals surface area contributed by atoms with Gasteiger partial charge in [0.2, 0.25) is 5.91 Å². The maximum absolute atomic E-state index is 13.1. The molecule has 2 rings (SSSR count). The summed E-state index contributed by atoms with van der Waals surface area (Å²) in [6.45, 7) is 6.00. The van der Waals surface area contributed by atoms with Crippen LogP contribution in [0.1, 0.15) is 26.7 Å². The molecule has 1 aliphatic heterocycles. The van der Waals surface area contributed by atoms with E-state index >= 15 is 0 Å². The van der Waals surface area contributed by atoms with Crippen LogP contribution in [0.15, 0.2) is 18.2 Å². The van der Waals surface area contributed by atoms with Gasteiger partial charge in [-0.3, -0.25) is 9.69 Å². The Morgan fingerprint density at radius 3 is 2.95 bits per heavy atom. The van der Waals surface area contributed by atoms with Crippen molar-refractivity contribution in [3.63, 3.8) is 0 Å². The zero-order chi connectivity index (χ0) is 14.7. The van der Waals surface area contributed by atoms with Crippen LogP contribution in [0.2, 0.25) is 5.02 Å². The number of hydrogen-bond acceptors (Lipinski definition) is 2. The van der Waals surface area contributed by atoms with Crippen molar-refractivity contribution in [3.8, 4) is 0 Å². The first-order valence-corrected chi connectivity index (χ1v) is 7.35. The van der Waals surface area contributed by atoms with Crippen LogP contribution < -0.4 is 5.32 Å². The predicted octanol–water partition coefficient (Wildman–Crippen LogP) is 3.54. The van der Waals surface area contributed by atoms with E-state index < -0.39 is 5.82 Å². The average Bonchev–Trinajstić information content (AvgIpc) is 2.42. The molecule has 0 spiro atoms. The van der Waals surface area contributed by atoms with Crippen molar-refractivity contribution in [1.82, 2.24) is 4.90 Å². The Morgan fingerprint density at radius 1 is 1.55 bits per heavy atom. The number of amides is 1. The van der Waals surface area contributed by atoms with Crippen molar-refractivity contribution in [2.75, 3.05) is 18.4 Å². The fraction of sp³-hybridized carbons (Fsp3) is 0.533. The Balaban J connectivity index is 1.98. The summed E-state index contributed by atoms with van der Waals surface area (Å²) in [6.07, 6.45) is 2.35. The topological polar surface area (TPSA) is 32.3 Å². The summed E-state index contributed by atoms with van der Waals surface area (Å²) in [4.78, 5) is 14.4. The second-order valence-corrected chi connectivity index (χ2v) is 5.94. The van der Waals surface area contributed by atoms with Gasteiger partial charge in [0.15, 0.2) is 0 Å². The molecule has 5 heteroatoms. The molecule has 20 heavy (non-hydrogen) atoms. The maximum atomic E-state index is 13.1. The number of benzene rings is 1. The number of rotatable bonds is 3. The van der Waals surface area contributed by atoms with Gasteiger partial charge in [-0.05, 0) is 50.4 Å². The molecule has 0 radical (unpaired) electrons. The molecule has 2 unspecified atom stereocenters. The molecule has 1 aromatic rings. The van der Waals surface area contributed by atoms with E-state index in [-0.39, 0.29) is 17.0 Å². The molecule has 3 nitrogen and oxygen atoms in total. The van der Waals surface area contributed by atoms with E-state index in [1.807, 2.05) is 6.92 Å². The summed E-state index contributed by atoms with van der Waals surface area (Å²) in [5, 5.41) is 2.81. The molecular weight excluding hydrogens is 279 g/mol. The number of carbonyl (C=O) groups is 1. The molecule has 0 saturated carbocycles. The molecule has 1 fully saturated rings. The van der Waals surface area contributed by atoms with Crippen molar-refractivity contribution < 1.29 is 9.18 Å². The highest BCUT2D eigenvalue weighted by molar-refractivity contribution is 6.31. The normalized spacial score (nSPS) is 21.5. The van der Waals surface area contributed by atoms with Gasteiger partial charge < -0.3 is 5.32 Å². The van der Waals surface area contributed by atoms with E-state index in [9.17, 15) is 9.18 Å². The third-order valence-electron chi connectivity index (χ3n) is 3.80. The van der Waals surface area contributed by atoms with Gasteiger partial charge in [0.1, 0.15) is 5.82 Å². The zero-order valence-electron chi connectivity index (χ0n) is 11.8. The third-order valence-corrected chi connectivity index (χ3v) is 4.09. The van der Waals surface area contributed by atoms with Crippen LogP contribution in [0.25, 0.3) is 0 Å². The highest BCUT2D eigenvalue weighted by atomic mass is 35.5. The number of nitrogens with one attached hydrogen (secondary N) is 1. The summed E-state index contributed by atoms with van der Waals surface area (Å²) in [5.41, 5.74) is 0.526. The number of hydrogen-bond donors (Lipinski definition) is 1. The largest absolute Gasteiger partial charge is 0.325 e. The van der Waals surface area contributed by atoms with Gasteiger partial charge in [0.25, 0.3) is 0 Å². The van der Waals surface area contributed by atoms with E-state index in [4.69, 9.17) is 11.6 Å². The van der Waals surface area contributed by atoms with E-state index in [0.717, 1.165) is 19.5 Å². The van der Waals surface area contributed by atoms with Gasteiger partial charge in [0, 0.05) is 12.2 Å². The minimum absolute atomic E-state index is 0.0158. The highest BCUT2D eigenvalue weighted by Crippen LogP contribution is 2.21. The molecule has 110 valence electrons. The van der Waals surface area contributed by atoms with Crippen molar-refractivity contribution in [2.24, 2.45) is 5.92 Å². The Bertz CT molecular complexity index is 495. The summed E-state index contributed by atoms with van der Waals surface area (Å²) >= 11 is 5.71. The molecule has 0 bridgehead atoms. The van der Waals surface area contributed by atoms with Crippen LogP contribution in [0.4, 0.5) is 10.1 Å². The lowest BCUT2D eigenvalue weighted by Crippen LogP contribution is -2.46. The molecule has 2 atom stereocenters. The van der Waals surface area contributed by atoms with Gasteiger partial charge in [0.05, 0.1) is 11.1 Å². The standard InChI is InChI=1S/C15H20ClFN2O/c1-10-4-3-7-19(9-10)11(2)15(20)18-12-5-6-14(17)13(16)8-12/h5-6,8,10-11H,3-4,7,9H2,1-2H3,(H,18,20). The fourth-order valence-corrected chi connectivity index (χ4v) is 2.74. The Morgan fingerprint density at radius 2 is 2.30 bits per heavy atom. The zero-order valence-corrected chi connectivity index (χ0v) is 12.6. The van der Waals surface area contributed by atoms with Crippen LogP contribution >= 0.6 is 11.6 Å². The van der Waals surface area contributed by atoms with Gasteiger partial charge in [-0.15, -0.1) is 0 Å². The van der Waals surface area contributed by atoms with Crippen LogP contribution in [-0.2, 0) is 4.79 Å². The molecule has 1 aromatic carbocycles. The third kappa shape index (κ3) is 3.70. The van der Waals surface area contributed by atoms with Crippen molar-refractivity contribution in [3.05, 3.63) is 29.0 Å². The predicted molar refractivity (Wildman–Crippen MR) is 79.5 cm³/mol. The summed E-state index contributed by atoms with van der Waals surface area (Å²) in [6, 6.07) is 4.01. The second-order valence-electron chi connectivity index (χ2n) is 5.54. The monoisotopic (exact) mass is 298 g/mol. The number of halogens is 2. The minimum Gasteiger partial charge on any atom is -0.325 e. The molecule has 1 N–H and O–H groups in total. The first-order valence-electron chi connectivity index (χ1n) is 6.97. The van der Waals surface area contributed by atoms with Crippen LogP contribution in [0.5, 0.6) is 0 Å². The van der Waals surface area contributed by atoms with Gasteiger partial charge >= 0.3 is 0 Å². The minimum atomic E-state index is -0.484. The second kappa shape index (κ2) is 6.55. The lowest BCUT2D eigenvalue weighted by atomic mass is 9.99. The molecule has 1 amide bonds.